The van der Waals surface area contributed by atoms with E-state index < -0.39 is 0 Å². The smallest absolute Gasteiger partial charge is 0.282 e. The summed E-state index contributed by atoms with van der Waals surface area (Å²) in [5, 5.41) is 0. The highest BCUT2D eigenvalue weighted by atomic mass is 14.7. The van der Waals surface area contributed by atoms with Gasteiger partial charge in [-0.15, -0.1) is 0 Å². The molecule has 1 nitrogen and oxygen atoms in total. The fraction of sp³-hybridized carbons (Fsp3) is 0. The van der Waals surface area contributed by atoms with Gasteiger partial charge in [-0.05, 0) is 11.1 Å². The molecule has 0 aliphatic carbocycles. The normalized spacial score (nSPS) is 13.8. The monoisotopic (exact) mass is 117 g/mol. The van der Waals surface area contributed by atoms with E-state index in [-0.39, 0.29) is 1.43 Å². The van der Waals surface area contributed by atoms with Gasteiger partial charge in [0.15, 0.2) is 0 Å². The summed E-state index contributed by atoms with van der Waals surface area (Å²) in [5.74, 6) is 0. The van der Waals surface area contributed by atoms with Crippen LogP contribution in [0.15, 0.2) is 29.3 Å². The Labute approximate surface area is 55.5 Å². The van der Waals surface area contributed by atoms with Crippen molar-refractivity contribution < 1.29 is 1.43 Å². The van der Waals surface area contributed by atoms with Crippen LogP contribution >= 0.6 is 0 Å². The fourth-order valence-electron chi connectivity index (χ4n) is 0.944. The highest BCUT2D eigenvalue weighted by Gasteiger charge is 2.02. The highest BCUT2D eigenvalue weighted by Crippen LogP contribution is 2.14. The molecule has 0 fully saturated rings. The summed E-state index contributed by atoms with van der Waals surface area (Å²) >= 11 is 0. The molecule has 0 aromatic heterocycles. The molecule has 0 saturated heterocycles. The minimum absolute atomic E-state index is 0. The average molecular weight is 117 g/mol. The molecule has 0 bridgehead atoms. The second-order valence-electron chi connectivity index (χ2n) is 2.04. The molecule has 0 N–H and O–H groups in total. The summed E-state index contributed by atoms with van der Waals surface area (Å²) in [6.45, 7) is 1.87. The van der Waals surface area contributed by atoms with Gasteiger partial charge in [0.25, 0.3) is 0 Å². The van der Waals surface area contributed by atoms with Crippen molar-refractivity contribution in [1.29, 1.82) is 0 Å². The maximum absolute atomic E-state index is 4.00. The molecular formula is C8H7N+. The Bertz CT molecular complexity index is 255. The van der Waals surface area contributed by atoms with Crippen molar-refractivity contribution in [2.45, 2.75) is 0 Å². The SMILES string of the molecule is [CH]1N=Cc2ccccc21.[H+]. The highest BCUT2D eigenvalue weighted by molar-refractivity contribution is 5.86. The van der Waals surface area contributed by atoms with Crippen molar-refractivity contribution in [3.8, 4) is 0 Å². The summed E-state index contributed by atoms with van der Waals surface area (Å²) in [6.07, 6.45) is 1.87. The van der Waals surface area contributed by atoms with Crippen molar-refractivity contribution in [3.63, 3.8) is 0 Å². The average Bonchev–Trinajstić information content (AvgIpc) is 2.33. The zero-order chi connectivity index (χ0) is 6.10. The van der Waals surface area contributed by atoms with Crippen LogP contribution in [0.25, 0.3) is 0 Å². The molecule has 9 heavy (non-hydrogen) atoms. The molecule has 1 heterocycles. The zero-order valence-electron chi connectivity index (χ0n) is 5.91. The Hall–Kier alpha value is -1.11. The quantitative estimate of drug-likeness (QED) is 0.490. The van der Waals surface area contributed by atoms with Crippen molar-refractivity contribution in [3.05, 3.63) is 41.9 Å². The molecule has 0 saturated carbocycles. The molecule has 2 rings (SSSR count). The van der Waals surface area contributed by atoms with E-state index in [2.05, 4.69) is 17.1 Å². The summed E-state index contributed by atoms with van der Waals surface area (Å²) in [6, 6.07) is 8.15. The Balaban J connectivity index is 0.000000500. The molecule has 1 aromatic rings. The molecule has 1 aromatic carbocycles. The maximum Gasteiger partial charge on any atom is 1.00 e. The number of fused-ring (bicyclic) bond motifs is 1. The van der Waals surface area contributed by atoms with Gasteiger partial charge >= 0.3 is 1.43 Å². The Morgan fingerprint density at radius 1 is 1.11 bits per heavy atom. The first-order chi connectivity index (χ1) is 4.47. The van der Waals surface area contributed by atoms with Gasteiger partial charge in [0.1, 0.15) is 6.54 Å². The first-order valence-electron chi connectivity index (χ1n) is 2.92. The molecule has 1 aliphatic heterocycles. The minimum Gasteiger partial charge on any atom is -0.282 e. The number of hydrogen-bond acceptors (Lipinski definition) is 1. The Morgan fingerprint density at radius 3 is 2.67 bits per heavy atom. The summed E-state index contributed by atoms with van der Waals surface area (Å²) in [4.78, 5) is 4.00. The lowest BCUT2D eigenvalue weighted by molar-refractivity contribution is 1.41. The minimum atomic E-state index is 0. The van der Waals surface area contributed by atoms with Crippen LogP contribution < -0.4 is 0 Å². The largest absolute Gasteiger partial charge is 1.00 e. The lowest BCUT2D eigenvalue weighted by Crippen LogP contribution is -1.78. The van der Waals surface area contributed by atoms with Crippen molar-refractivity contribution in [2.75, 3.05) is 0 Å². The lowest BCUT2D eigenvalue weighted by atomic mass is 10.1. The fourth-order valence-corrected chi connectivity index (χ4v) is 0.944. The number of nitrogens with zero attached hydrogens (tertiary/aromatic N) is 1. The zero-order valence-corrected chi connectivity index (χ0v) is 4.91. The van der Waals surface area contributed by atoms with Crippen LogP contribution in [-0.2, 0) is 0 Å². The summed E-state index contributed by atoms with van der Waals surface area (Å²) in [7, 11) is 0. The molecule has 1 aliphatic rings. The van der Waals surface area contributed by atoms with E-state index in [1.54, 1.807) is 0 Å². The molecule has 1 heteroatoms. The van der Waals surface area contributed by atoms with Gasteiger partial charge < -0.3 is 0 Å². The first-order valence-corrected chi connectivity index (χ1v) is 2.92. The maximum atomic E-state index is 4.00. The number of benzene rings is 1. The topological polar surface area (TPSA) is 12.4 Å². The number of aliphatic imine (C=N–C) groups is 1. The van der Waals surface area contributed by atoms with Gasteiger partial charge in [0.2, 0.25) is 0 Å². The van der Waals surface area contributed by atoms with E-state index in [0.29, 0.717) is 0 Å². The van der Waals surface area contributed by atoms with Crippen LogP contribution in [0.2, 0.25) is 0 Å². The van der Waals surface area contributed by atoms with E-state index in [1.807, 2.05) is 24.9 Å². The van der Waals surface area contributed by atoms with E-state index in [0.717, 1.165) is 0 Å². The van der Waals surface area contributed by atoms with Crippen molar-refractivity contribution >= 4 is 6.21 Å². The summed E-state index contributed by atoms with van der Waals surface area (Å²) in [5.41, 5.74) is 2.44. The Kier molecular flexibility index (Phi) is 0.890. The van der Waals surface area contributed by atoms with Gasteiger partial charge in [-0.25, -0.2) is 0 Å². The second-order valence-corrected chi connectivity index (χ2v) is 2.04. The Morgan fingerprint density at radius 2 is 1.89 bits per heavy atom. The van der Waals surface area contributed by atoms with Crippen LogP contribution in [0.4, 0.5) is 0 Å². The lowest BCUT2D eigenvalue weighted by Gasteiger charge is -1.90. The number of hydrogen-bond donors (Lipinski definition) is 0. The third-order valence-corrected chi connectivity index (χ3v) is 1.42. The van der Waals surface area contributed by atoms with E-state index in [4.69, 9.17) is 0 Å². The van der Waals surface area contributed by atoms with Gasteiger partial charge in [-0.1, -0.05) is 24.3 Å². The van der Waals surface area contributed by atoms with Crippen LogP contribution in [0.5, 0.6) is 0 Å². The van der Waals surface area contributed by atoms with Gasteiger partial charge in [-0.2, -0.15) is 0 Å². The van der Waals surface area contributed by atoms with Crippen molar-refractivity contribution in [1.82, 2.24) is 0 Å². The standard InChI is InChI=1S/C8H6N/c1-2-4-8-6-9-5-7(8)3-1/h1-6H/p+1. The van der Waals surface area contributed by atoms with Gasteiger partial charge in [0, 0.05) is 6.21 Å². The van der Waals surface area contributed by atoms with Crippen LogP contribution in [0, 0.1) is 6.54 Å². The van der Waals surface area contributed by atoms with Gasteiger partial charge in [-0.3, -0.25) is 4.99 Å². The molecular weight excluding hydrogens is 110 g/mol. The van der Waals surface area contributed by atoms with Gasteiger partial charge in [0.05, 0.1) is 0 Å². The van der Waals surface area contributed by atoms with E-state index in [1.165, 1.54) is 11.1 Å². The molecule has 0 unspecified atom stereocenters. The molecule has 0 spiro atoms. The van der Waals surface area contributed by atoms with Crippen molar-refractivity contribution in [2.24, 2.45) is 4.99 Å². The first kappa shape index (κ1) is 4.74. The van der Waals surface area contributed by atoms with Crippen LogP contribution in [-0.4, -0.2) is 6.21 Å². The molecule has 0 amide bonds. The second kappa shape index (κ2) is 1.69. The summed E-state index contributed by atoms with van der Waals surface area (Å²) < 4.78 is 0. The van der Waals surface area contributed by atoms with Crippen LogP contribution in [0.1, 0.15) is 12.6 Å². The predicted molar refractivity (Wildman–Crippen MR) is 38.6 cm³/mol. The van der Waals surface area contributed by atoms with Crippen LogP contribution in [0.3, 0.4) is 0 Å². The molecule has 1 radical (unpaired) electrons. The van der Waals surface area contributed by atoms with E-state index >= 15 is 0 Å². The molecule has 43 valence electrons. The third kappa shape index (κ3) is 0.653. The number of rotatable bonds is 0. The third-order valence-electron chi connectivity index (χ3n) is 1.42. The molecule has 0 atom stereocenters. The van der Waals surface area contributed by atoms with E-state index in [9.17, 15) is 0 Å². The predicted octanol–water partition coefficient (Wildman–Crippen LogP) is 1.74.